The summed E-state index contributed by atoms with van der Waals surface area (Å²) in [4.78, 5) is 0. The number of nitrogens with zero attached hydrogens (tertiary/aromatic N) is 2. The van der Waals surface area contributed by atoms with Gasteiger partial charge in [-0.1, -0.05) is 0 Å². The maximum absolute atomic E-state index is 9.70. The number of rotatable bonds is 6. The Kier molecular flexibility index (Phi) is 3.93. The zero-order valence-corrected chi connectivity index (χ0v) is 9.29. The molecule has 1 heterocycles. The van der Waals surface area contributed by atoms with Crippen molar-refractivity contribution in [3.63, 3.8) is 0 Å². The maximum atomic E-state index is 9.70. The van der Waals surface area contributed by atoms with E-state index in [2.05, 4.69) is 10.4 Å². The van der Waals surface area contributed by atoms with Crippen LogP contribution in [0.25, 0.3) is 0 Å². The zero-order valence-electron chi connectivity index (χ0n) is 9.29. The van der Waals surface area contributed by atoms with E-state index < -0.39 is 6.10 Å². The third kappa shape index (κ3) is 3.30. The van der Waals surface area contributed by atoms with E-state index >= 15 is 0 Å². The molecule has 1 aromatic heterocycles. The number of aliphatic hydroxyl groups is 2. The Labute approximate surface area is 95.1 Å². The molecular weight excluding hydrogens is 206 g/mol. The van der Waals surface area contributed by atoms with E-state index in [1.807, 2.05) is 12.3 Å². The summed E-state index contributed by atoms with van der Waals surface area (Å²) in [6, 6.07) is 1.84. The van der Waals surface area contributed by atoms with Crippen LogP contribution in [0.1, 0.15) is 12.8 Å². The van der Waals surface area contributed by atoms with Crippen molar-refractivity contribution < 1.29 is 10.2 Å². The SMILES string of the molecule is OC1CC(CNCC(O)Cn2cccn2)C1. The second kappa shape index (κ2) is 5.43. The average molecular weight is 225 g/mol. The fraction of sp³-hybridized carbons (Fsp3) is 0.727. The fourth-order valence-corrected chi connectivity index (χ4v) is 2.01. The molecule has 90 valence electrons. The van der Waals surface area contributed by atoms with E-state index in [0.29, 0.717) is 19.0 Å². The van der Waals surface area contributed by atoms with Crippen LogP contribution < -0.4 is 5.32 Å². The van der Waals surface area contributed by atoms with Gasteiger partial charge in [-0.15, -0.1) is 0 Å². The molecule has 5 heteroatoms. The van der Waals surface area contributed by atoms with Crippen molar-refractivity contribution in [1.29, 1.82) is 0 Å². The quantitative estimate of drug-likeness (QED) is 0.616. The van der Waals surface area contributed by atoms with Gasteiger partial charge in [-0.25, -0.2) is 0 Å². The van der Waals surface area contributed by atoms with Gasteiger partial charge >= 0.3 is 0 Å². The summed E-state index contributed by atoms with van der Waals surface area (Å²) < 4.78 is 1.72. The van der Waals surface area contributed by atoms with Crippen LogP contribution in [-0.2, 0) is 6.54 Å². The van der Waals surface area contributed by atoms with Crippen LogP contribution in [0.2, 0.25) is 0 Å². The first-order valence-electron chi connectivity index (χ1n) is 5.78. The van der Waals surface area contributed by atoms with E-state index in [1.165, 1.54) is 0 Å². The lowest BCUT2D eigenvalue weighted by atomic mass is 9.82. The molecule has 16 heavy (non-hydrogen) atoms. The van der Waals surface area contributed by atoms with Crippen molar-refractivity contribution in [3.05, 3.63) is 18.5 Å². The lowest BCUT2D eigenvalue weighted by Gasteiger charge is -2.31. The maximum Gasteiger partial charge on any atom is 0.0860 e. The first-order chi connectivity index (χ1) is 7.74. The van der Waals surface area contributed by atoms with Crippen LogP contribution in [0.5, 0.6) is 0 Å². The van der Waals surface area contributed by atoms with Gasteiger partial charge in [0.15, 0.2) is 0 Å². The Hall–Kier alpha value is -0.910. The van der Waals surface area contributed by atoms with E-state index in [-0.39, 0.29) is 6.10 Å². The smallest absolute Gasteiger partial charge is 0.0860 e. The van der Waals surface area contributed by atoms with Gasteiger partial charge in [-0.3, -0.25) is 4.68 Å². The molecule has 1 atom stereocenters. The van der Waals surface area contributed by atoms with Gasteiger partial charge in [0, 0.05) is 18.9 Å². The number of hydrogen-bond acceptors (Lipinski definition) is 4. The van der Waals surface area contributed by atoms with Gasteiger partial charge in [0.05, 0.1) is 18.8 Å². The molecule has 0 amide bonds. The summed E-state index contributed by atoms with van der Waals surface area (Å²) in [7, 11) is 0. The topological polar surface area (TPSA) is 70.3 Å². The molecular formula is C11H19N3O2. The number of nitrogens with one attached hydrogen (secondary N) is 1. The van der Waals surface area contributed by atoms with Gasteiger partial charge in [-0.2, -0.15) is 5.10 Å². The van der Waals surface area contributed by atoms with Crippen molar-refractivity contribution in [2.24, 2.45) is 5.92 Å². The standard InChI is InChI=1S/C11H19N3O2/c15-10-4-9(5-10)6-12-7-11(16)8-14-3-1-2-13-14/h1-3,9-12,15-16H,4-8H2. The van der Waals surface area contributed by atoms with Crippen LogP contribution in [0.4, 0.5) is 0 Å². The van der Waals surface area contributed by atoms with Gasteiger partial charge in [0.25, 0.3) is 0 Å². The second-order valence-corrected chi connectivity index (χ2v) is 4.53. The van der Waals surface area contributed by atoms with E-state index in [0.717, 1.165) is 19.4 Å². The highest BCUT2D eigenvalue weighted by atomic mass is 16.3. The highest BCUT2D eigenvalue weighted by molar-refractivity contribution is 4.81. The van der Waals surface area contributed by atoms with Gasteiger partial charge in [0.2, 0.25) is 0 Å². The van der Waals surface area contributed by atoms with Crippen LogP contribution >= 0.6 is 0 Å². The molecule has 1 unspecified atom stereocenters. The molecule has 1 aliphatic carbocycles. The molecule has 1 aliphatic rings. The Morgan fingerprint density at radius 2 is 2.31 bits per heavy atom. The molecule has 1 saturated carbocycles. The van der Waals surface area contributed by atoms with Crippen molar-refractivity contribution in [1.82, 2.24) is 15.1 Å². The summed E-state index contributed by atoms with van der Waals surface area (Å²) in [5.74, 6) is 0.576. The predicted octanol–water partition coefficient (Wildman–Crippen LogP) is -0.396. The molecule has 2 rings (SSSR count). The van der Waals surface area contributed by atoms with E-state index in [9.17, 15) is 5.11 Å². The van der Waals surface area contributed by atoms with Crippen LogP contribution in [0.15, 0.2) is 18.5 Å². The normalized spacial score (nSPS) is 26.4. The lowest BCUT2D eigenvalue weighted by molar-refractivity contribution is 0.0411. The van der Waals surface area contributed by atoms with Crippen molar-refractivity contribution in [3.8, 4) is 0 Å². The van der Waals surface area contributed by atoms with Gasteiger partial charge in [0.1, 0.15) is 0 Å². The minimum Gasteiger partial charge on any atom is -0.393 e. The molecule has 0 aromatic carbocycles. The first kappa shape index (κ1) is 11.6. The molecule has 0 saturated heterocycles. The zero-order chi connectivity index (χ0) is 11.4. The summed E-state index contributed by atoms with van der Waals surface area (Å²) >= 11 is 0. The Morgan fingerprint density at radius 1 is 1.50 bits per heavy atom. The number of hydrogen-bond donors (Lipinski definition) is 3. The lowest BCUT2D eigenvalue weighted by Crippen LogP contribution is -2.39. The Bertz CT molecular complexity index is 296. The average Bonchev–Trinajstić information content (AvgIpc) is 2.67. The highest BCUT2D eigenvalue weighted by Crippen LogP contribution is 2.25. The molecule has 0 bridgehead atoms. The van der Waals surface area contributed by atoms with Crippen LogP contribution in [-0.4, -0.2) is 45.3 Å². The molecule has 0 aliphatic heterocycles. The van der Waals surface area contributed by atoms with Gasteiger partial charge in [-0.05, 0) is 31.4 Å². The second-order valence-electron chi connectivity index (χ2n) is 4.53. The summed E-state index contributed by atoms with van der Waals surface area (Å²) in [6.45, 7) is 1.98. The van der Waals surface area contributed by atoms with Crippen LogP contribution in [0, 0.1) is 5.92 Å². The molecule has 3 N–H and O–H groups in total. The minimum absolute atomic E-state index is 0.0965. The molecule has 0 radical (unpaired) electrons. The van der Waals surface area contributed by atoms with Gasteiger partial charge < -0.3 is 15.5 Å². The third-order valence-corrected chi connectivity index (χ3v) is 2.98. The van der Waals surface area contributed by atoms with E-state index in [1.54, 1.807) is 10.9 Å². The largest absolute Gasteiger partial charge is 0.393 e. The minimum atomic E-state index is -0.412. The summed E-state index contributed by atoms with van der Waals surface area (Å²) in [5, 5.41) is 26.1. The van der Waals surface area contributed by atoms with Crippen molar-refractivity contribution >= 4 is 0 Å². The Balaban J connectivity index is 1.55. The highest BCUT2D eigenvalue weighted by Gasteiger charge is 2.26. The Morgan fingerprint density at radius 3 is 2.94 bits per heavy atom. The predicted molar refractivity (Wildman–Crippen MR) is 59.8 cm³/mol. The first-order valence-corrected chi connectivity index (χ1v) is 5.78. The van der Waals surface area contributed by atoms with Crippen LogP contribution in [0.3, 0.4) is 0 Å². The van der Waals surface area contributed by atoms with E-state index in [4.69, 9.17) is 5.11 Å². The molecule has 1 fully saturated rings. The molecule has 1 aromatic rings. The summed E-state index contributed by atoms with van der Waals surface area (Å²) in [5.41, 5.74) is 0. The number of aliphatic hydroxyl groups excluding tert-OH is 2. The molecule has 0 spiro atoms. The molecule has 5 nitrogen and oxygen atoms in total. The van der Waals surface area contributed by atoms with Crippen molar-refractivity contribution in [2.75, 3.05) is 13.1 Å². The fourth-order valence-electron chi connectivity index (χ4n) is 2.01. The third-order valence-electron chi connectivity index (χ3n) is 2.98. The number of aromatic nitrogens is 2. The summed E-state index contributed by atoms with van der Waals surface area (Å²) in [6.07, 6.45) is 4.82. The monoisotopic (exact) mass is 225 g/mol. The van der Waals surface area contributed by atoms with Crippen molar-refractivity contribution in [2.45, 2.75) is 31.6 Å².